The van der Waals surface area contributed by atoms with Gasteiger partial charge in [0, 0.05) is 22.4 Å². The zero-order valence-electron chi connectivity index (χ0n) is 8.63. The Balaban J connectivity index is 2.58. The van der Waals surface area contributed by atoms with E-state index in [1.165, 1.54) is 22.9 Å². The van der Waals surface area contributed by atoms with Gasteiger partial charge >= 0.3 is 5.97 Å². The first kappa shape index (κ1) is 11.6. The van der Waals surface area contributed by atoms with Crippen LogP contribution in [-0.4, -0.2) is 15.6 Å². The number of pyridine rings is 1. The summed E-state index contributed by atoms with van der Waals surface area (Å²) in [4.78, 5) is 22.5. The monoisotopic (exact) mass is 293 g/mol. The maximum atomic E-state index is 11.6. The van der Waals surface area contributed by atoms with Crippen molar-refractivity contribution in [2.75, 3.05) is 0 Å². The van der Waals surface area contributed by atoms with Crippen LogP contribution in [0.25, 0.3) is 5.69 Å². The number of halogens is 1. The lowest BCUT2D eigenvalue weighted by molar-refractivity contribution is 0.0696. The predicted molar refractivity (Wildman–Crippen MR) is 66.7 cm³/mol. The minimum absolute atomic E-state index is 0.0764. The SMILES string of the molecule is O=C(O)c1ccc(=O)n(-c2ccc(Br)cc2)c1. The number of nitrogens with zero attached hydrogens (tertiary/aromatic N) is 1. The van der Waals surface area contributed by atoms with E-state index in [0.717, 1.165) is 4.47 Å². The molecule has 1 aromatic carbocycles. The third-order valence-electron chi connectivity index (χ3n) is 2.26. The van der Waals surface area contributed by atoms with E-state index in [0.29, 0.717) is 5.69 Å². The average molecular weight is 294 g/mol. The minimum atomic E-state index is -1.06. The number of benzene rings is 1. The molecule has 86 valence electrons. The second-order valence-corrected chi connectivity index (χ2v) is 4.32. The molecule has 0 aliphatic heterocycles. The van der Waals surface area contributed by atoms with Crippen LogP contribution in [0.5, 0.6) is 0 Å². The van der Waals surface area contributed by atoms with Gasteiger partial charge in [0.2, 0.25) is 0 Å². The van der Waals surface area contributed by atoms with E-state index in [1.807, 2.05) is 0 Å². The van der Waals surface area contributed by atoms with Gasteiger partial charge in [0.25, 0.3) is 5.56 Å². The highest BCUT2D eigenvalue weighted by Crippen LogP contribution is 2.13. The summed E-state index contributed by atoms with van der Waals surface area (Å²) in [7, 11) is 0. The smallest absolute Gasteiger partial charge is 0.337 e. The Hall–Kier alpha value is -1.88. The second-order valence-electron chi connectivity index (χ2n) is 3.41. The highest BCUT2D eigenvalue weighted by molar-refractivity contribution is 9.10. The van der Waals surface area contributed by atoms with Crippen LogP contribution >= 0.6 is 15.9 Å². The number of hydrogen-bond acceptors (Lipinski definition) is 2. The molecule has 2 rings (SSSR count). The van der Waals surface area contributed by atoms with Crippen LogP contribution < -0.4 is 5.56 Å². The van der Waals surface area contributed by atoms with Crippen LogP contribution in [0.2, 0.25) is 0 Å². The molecule has 1 heterocycles. The van der Waals surface area contributed by atoms with Crippen LogP contribution in [0, 0.1) is 0 Å². The summed E-state index contributed by atoms with van der Waals surface area (Å²) in [6, 6.07) is 9.57. The number of carboxylic acids is 1. The lowest BCUT2D eigenvalue weighted by Gasteiger charge is -2.06. The summed E-state index contributed by atoms with van der Waals surface area (Å²) >= 11 is 3.29. The van der Waals surface area contributed by atoms with Crippen LogP contribution in [0.3, 0.4) is 0 Å². The number of hydrogen-bond donors (Lipinski definition) is 1. The molecule has 0 atom stereocenters. The molecule has 2 aromatic rings. The van der Waals surface area contributed by atoms with E-state index < -0.39 is 5.97 Å². The van der Waals surface area contributed by atoms with Crippen molar-refractivity contribution >= 4 is 21.9 Å². The number of aromatic carboxylic acids is 1. The van der Waals surface area contributed by atoms with E-state index in [4.69, 9.17) is 5.11 Å². The van der Waals surface area contributed by atoms with Crippen LogP contribution in [-0.2, 0) is 0 Å². The minimum Gasteiger partial charge on any atom is -0.478 e. The van der Waals surface area contributed by atoms with Crippen molar-refractivity contribution in [3.05, 3.63) is 63.0 Å². The Morgan fingerprint density at radius 2 is 1.76 bits per heavy atom. The summed E-state index contributed by atoms with van der Waals surface area (Å²) < 4.78 is 2.19. The van der Waals surface area contributed by atoms with Crippen molar-refractivity contribution in [2.45, 2.75) is 0 Å². The molecule has 17 heavy (non-hydrogen) atoms. The molecule has 0 fully saturated rings. The third-order valence-corrected chi connectivity index (χ3v) is 2.79. The fourth-order valence-electron chi connectivity index (χ4n) is 1.42. The van der Waals surface area contributed by atoms with Crippen molar-refractivity contribution < 1.29 is 9.90 Å². The number of aromatic nitrogens is 1. The topological polar surface area (TPSA) is 59.3 Å². The highest BCUT2D eigenvalue weighted by atomic mass is 79.9. The first-order valence-corrected chi connectivity index (χ1v) is 5.59. The quantitative estimate of drug-likeness (QED) is 0.924. The fourth-order valence-corrected chi connectivity index (χ4v) is 1.68. The van der Waals surface area contributed by atoms with Gasteiger partial charge in [-0.1, -0.05) is 15.9 Å². The van der Waals surface area contributed by atoms with E-state index in [-0.39, 0.29) is 11.1 Å². The Morgan fingerprint density at radius 1 is 1.12 bits per heavy atom. The van der Waals surface area contributed by atoms with Gasteiger partial charge in [-0.25, -0.2) is 4.79 Å². The molecule has 0 spiro atoms. The molecule has 4 nitrogen and oxygen atoms in total. The molecule has 0 aliphatic rings. The summed E-state index contributed by atoms with van der Waals surface area (Å²) in [6.45, 7) is 0. The van der Waals surface area contributed by atoms with Crippen molar-refractivity contribution in [1.82, 2.24) is 4.57 Å². The molecule has 5 heteroatoms. The molecular formula is C12H8BrNO3. The maximum absolute atomic E-state index is 11.6. The van der Waals surface area contributed by atoms with Gasteiger partial charge in [-0.15, -0.1) is 0 Å². The van der Waals surface area contributed by atoms with Gasteiger partial charge < -0.3 is 5.11 Å². The molecule has 1 aromatic heterocycles. The van der Waals surface area contributed by atoms with Gasteiger partial charge in [0.05, 0.1) is 5.56 Å². The van der Waals surface area contributed by atoms with Crippen LogP contribution in [0.15, 0.2) is 51.9 Å². The Morgan fingerprint density at radius 3 is 2.35 bits per heavy atom. The van der Waals surface area contributed by atoms with Gasteiger partial charge in [0.1, 0.15) is 0 Å². The first-order valence-electron chi connectivity index (χ1n) is 4.80. The molecule has 0 unspecified atom stereocenters. The molecule has 0 aliphatic carbocycles. The number of carbonyl (C=O) groups is 1. The predicted octanol–water partition coefficient (Wildman–Crippen LogP) is 2.30. The average Bonchev–Trinajstić information content (AvgIpc) is 2.31. The standard InChI is InChI=1S/C12H8BrNO3/c13-9-2-4-10(5-3-9)14-7-8(12(16)17)1-6-11(14)15/h1-7H,(H,16,17). The van der Waals surface area contributed by atoms with Crippen molar-refractivity contribution in [3.8, 4) is 5.69 Å². The molecule has 0 amide bonds. The Kier molecular flexibility index (Phi) is 3.10. The number of rotatable bonds is 2. The van der Waals surface area contributed by atoms with Gasteiger partial charge in [0.15, 0.2) is 0 Å². The second kappa shape index (κ2) is 4.55. The van der Waals surface area contributed by atoms with Gasteiger partial charge in [-0.2, -0.15) is 0 Å². The van der Waals surface area contributed by atoms with Crippen LogP contribution in [0.1, 0.15) is 10.4 Å². The lowest BCUT2D eigenvalue weighted by atomic mass is 10.2. The normalized spacial score (nSPS) is 10.2. The molecule has 1 N–H and O–H groups in total. The van der Waals surface area contributed by atoms with Crippen molar-refractivity contribution in [2.24, 2.45) is 0 Å². The highest BCUT2D eigenvalue weighted by Gasteiger charge is 2.06. The number of carboxylic acid groups (broad SMARTS) is 1. The zero-order valence-corrected chi connectivity index (χ0v) is 10.2. The molecule has 0 bridgehead atoms. The van der Waals surface area contributed by atoms with E-state index in [2.05, 4.69) is 15.9 Å². The summed E-state index contributed by atoms with van der Waals surface area (Å²) in [5.41, 5.74) is 0.436. The summed E-state index contributed by atoms with van der Waals surface area (Å²) in [5.74, 6) is -1.06. The molecule has 0 saturated carbocycles. The maximum Gasteiger partial charge on any atom is 0.337 e. The van der Waals surface area contributed by atoms with Gasteiger partial charge in [-0.3, -0.25) is 9.36 Å². The summed E-state index contributed by atoms with van der Waals surface area (Å²) in [5, 5.41) is 8.87. The van der Waals surface area contributed by atoms with E-state index in [9.17, 15) is 9.59 Å². The summed E-state index contributed by atoms with van der Waals surface area (Å²) in [6.07, 6.45) is 1.31. The van der Waals surface area contributed by atoms with Gasteiger partial charge in [-0.05, 0) is 30.3 Å². The zero-order chi connectivity index (χ0) is 12.4. The lowest BCUT2D eigenvalue weighted by Crippen LogP contribution is -2.18. The third kappa shape index (κ3) is 2.45. The molecular weight excluding hydrogens is 286 g/mol. The molecule has 0 radical (unpaired) electrons. The van der Waals surface area contributed by atoms with E-state index >= 15 is 0 Å². The largest absolute Gasteiger partial charge is 0.478 e. The van der Waals surface area contributed by atoms with Crippen molar-refractivity contribution in [3.63, 3.8) is 0 Å². The first-order chi connectivity index (χ1) is 8.08. The fraction of sp³-hybridized carbons (Fsp3) is 0. The molecule has 0 saturated heterocycles. The Bertz CT molecular complexity index is 616. The Labute approximate surface area is 105 Å². The van der Waals surface area contributed by atoms with Crippen molar-refractivity contribution in [1.29, 1.82) is 0 Å². The van der Waals surface area contributed by atoms with Crippen LogP contribution in [0.4, 0.5) is 0 Å². The van der Waals surface area contributed by atoms with E-state index in [1.54, 1.807) is 24.3 Å².